The Morgan fingerprint density at radius 1 is 1.07 bits per heavy atom. The van der Waals surface area contributed by atoms with Gasteiger partial charge in [-0.25, -0.2) is 4.39 Å². The summed E-state index contributed by atoms with van der Waals surface area (Å²) in [6.07, 6.45) is 4.26. The number of pyridine rings is 1. The number of benzene rings is 2. The lowest BCUT2D eigenvalue weighted by atomic mass is 9.91. The number of carbonyl (C=O) groups is 1. The molecule has 1 amide bonds. The zero-order valence-corrected chi connectivity index (χ0v) is 25.2. The van der Waals surface area contributed by atoms with E-state index in [1.54, 1.807) is 70.1 Å². The molecule has 2 aromatic carbocycles. The van der Waals surface area contributed by atoms with Crippen molar-refractivity contribution in [3.8, 4) is 28.4 Å². The van der Waals surface area contributed by atoms with E-state index in [0.717, 1.165) is 12.8 Å². The fourth-order valence-electron chi connectivity index (χ4n) is 5.68. The predicted molar refractivity (Wildman–Crippen MR) is 159 cm³/mol. The summed E-state index contributed by atoms with van der Waals surface area (Å²) < 4.78 is 28.3. The number of amides is 1. The SMILES string of the molecule is CC(=O)N(CCO)C1CCC(Oc2ccn(C)c(=O)c2-c2cc(C(C)(C)O)ccc2Oc2c(C)cc(F)cc2C)CC1. The molecule has 0 saturated heterocycles. The number of aromatic nitrogens is 1. The van der Waals surface area contributed by atoms with Gasteiger partial charge in [-0.3, -0.25) is 9.59 Å². The van der Waals surface area contributed by atoms with Crippen molar-refractivity contribution in [2.45, 2.75) is 78.0 Å². The van der Waals surface area contributed by atoms with Crippen LogP contribution in [0.5, 0.6) is 17.2 Å². The number of aryl methyl sites for hydroxylation is 3. The summed E-state index contributed by atoms with van der Waals surface area (Å²) in [5, 5.41) is 20.2. The molecule has 226 valence electrons. The van der Waals surface area contributed by atoms with Crippen molar-refractivity contribution in [2.24, 2.45) is 7.05 Å². The molecule has 9 heteroatoms. The average Bonchev–Trinajstić information content (AvgIpc) is 2.91. The summed E-state index contributed by atoms with van der Waals surface area (Å²) in [5.74, 6) is 0.831. The number of nitrogens with zero attached hydrogens (tertiary/aromatic N) is 2. The second kappa shape index (κ2) is 12.7. The number of hydrogen-bond donors (Lipinski definition) is 2. The fourth-order valence-corrected chi connectivity index (χ4v) is 5.68. The molecule has 1 aromatic heterocycles. The molecule has 8 nitrogen and oxygen atoms in total. The Morgan fingerprint density at radius 3 is 2.29 bits per heavy atom. The summed E-state index contributed by atoms with van der Waals surface area (Å²) >= 11 is 0. The summed E-state index contributed by atoms with van der Waals surface area (Å²) in [4.78, 5) is 27.5. The van der Waals surface area contributed by atoms with Crippen LogP contribution in [-0.4, -0.2) is 50.9 Å². The third kappa shape index (κ3) is 6.85. The summed E-state index contributed by atoms with van der Waals surface area (Å²) in [6.45, 7) is 8.59. The van der Waals surface area contributed by atoms with Crippen molar-refractivity contribution >= 4 is 5.91 Å². The number of aliphatic hydroxyl groups excluding tert-OH is 1. The predicted octanol–water partition coefficient (Wildman–Crippen LogP) is 5.36. The van der Waals surface area contributed by atoms with Crippen molar-refractivity contribution in [3.05, 3.63) is 75.5 Å². The quantitative estimate of drug-likeness (QED) is 0.354. The first kappa shape index (κ1) is 31.3. The lowest BCUT2D eigenvalue weighted by molar-refractivity contribution is -0.132. The Morgan fingerprint density at radius 2 is 1.71 bits per heavy atom. The van der Waals surface area contributed by atoms with Gasteiger partial charge < -0.3 is 29.2 Å². The Hall–Kier alpha value is -3.69. The van der Waals surface area contributed by atoms with Gasteiger partial charge >= 0.3 is 0 Å². The smallest absolute Gasteiger partial charge is 0.262 e. The monoisotopic (exact) mass is 580 g/mol. The second-order valence-corrected chi connectivity index (χ2v) is 11.7. The van der Waals surface area contributed by atoms with E-state index in [-0.39, 0.29) is 36.0 Å². The van der Waals surface area contributed by atoms with Gasteiger partial charge in [-0.05, 0) is 100 Å². The highest BCUT2D eigenvalue weighted by atomic mass is 19.1. The molecule has 3 aromatic rings. The van der Waals surface area contributed by atoms with Gasteiger partial charge in [0.2, 0.25) is 5.91 Å². The highest BCUT2D eigenvalue weighted by Gasteiger charge is 2.30. The second-order valence-electron chi connectivity index (χ2n) is 11.7. The third-order valence-electron chi connectivity index (χ3n) is 7.95. The molecule has 0 radical (unpaired) electrons. The van der Waals surface area contributed by atoms with Crippen LogP contribution in [0.3, 0.4) is 0 Å². The molecule has 42 heavy (non-hydrogen) atoms. The van der Waals surface area contributed by atoms with Gasteiger partial charge in [0.15, 0.2) is 0 Å². The molecular formula is C33H41FN2O6. The van der Waals surface area contributed by atoms with Crippen LogP contribution in [0.4, 0.5) is 4.39 Å². The normalized spacial score (nSPS) is 17.2. The average molecular weight is 581 g/mol. The van der Waals surface area contributed by atoms with Crippen LogP contribution in [0.15, 0.2) is 47.4 Å². The minimum absolute atomic E-state index is 0.0308. The first-order valence-electron chi connectivity index (χ1n) is 14.4. The Balaban J connectivity index is 1.74. The van der Waals surface area contributed by atoms with Crippen LogP contribution >= 0.6 is 0 Å². The van der Waals surface area contributed by atoms with Crippen LogP contribution in [0.2, 0.25) is 0 Å². The molecule has 1 fully saturated rings. The number of halogens is 1. The lowest BCUT2D eigenvalue weighted by Crippen LogP contribution is -2.44. The summed E-state index contributed by atoms with van der Waals surface area (Å²) in [5.41, 5.74) is 1.07. The molecule has 1 saturated carbocycles. The van der Waals surface area contributed by atoms with Crippen LogP contribution in [0.1, 0.15) is 63.1 Å². The molecule has 0 bridgehead atoms. The lowest BCUT2D eigenvalue weighted by Gasteiger charge is -2.36. The molecule has 0 aliphatic heterocycles. The zero-order valence-electron chi connectivity index (χ0n) is 25.2. The van der Waals surface area contributed by atoms with E-state index in [2.05, 4.69) is 0 Å². The van der Waals surface area contributed by atoms with Gasteiger partial charge in [0, 0.05) is 38.3 Å². The molecule has 1 aliphatic rings. The number of rotatable bonds is 9. The minimum atomic E-state index is -1.19. The van der Waals surface area contributed by atoms with E-state index in [4.69, 9.17) is 9.47 Å². The van der Waals surface area contributed by atoms with Crippen molar-refractivity contribution < 1.29 is 28.9 Å². The summed E-state index contributed by atoms with van der Waals surface area (Å²) in [6, 6.07) is 9.78. The largest absolute Gasteiger partial charge is 0.490 e. The van der Waals surface area contributed by atoms with Crippen molar-refractivity contribution in [3.63, 3.8) is 0 Å². The first-order valence-corrected chi connectivity index (χ1v) is 14.4. The van der Waals surface area contributed by atoms with Gasteiger partial charge in [0.05, 0.1) is 23.9 Å². The van der Waals surface area contributed by atoms with Crippen molar-refractivity contribution in [2.75, 3.05) is 13.2 Å². The minimum Gasteiger partial charge on any atom is -0.490 e. The molecule has 0 spiro atoms. The molecule has 1 heterocycles. The molecule has 1 aliphatic carbocycles. The topological polar surface area (TPSA) is 101 Å². The number of ether oxygens (including phenoxy) is 2. The zero-order chi connectivity index (χ0) is 30.8. The van der Waals surface area contributed by atoms with Gasteiger partial charge in [-0.2, -0.15) is 0 Å². The maximum Gasteiger partial charge on any atom is 0.262 e. The van der Waals surface area contributed by atoms with Gasteiger partial charge in [-0.15, -0.1) is 0 Å². The Bertz CT molecular complexity index is 1480. The van der Waals surface area contributed by atoms with E-state index in [9.17, 15) is 24.2 Å². The van der Waals surface area contributed by atoms with Crippen LogP contribution in [-0.2, 0) is 17.4 Å². The molecule has 2 N–H and O–H groups in total. The highest BCUT2D eigenvalue weighted by molar-refractivity contribution is 5.76. The number of aliphatic hydroxyl groups is 2. The molecule has 4 rings (SSSR count). The Labute approximate surface area is 246 Å². The number of hydrogen-bond acceptors (Lipinski definition) is 6. The molecular weight excluding hydrogens is 539 g/mol. The maximum absolute atomic E-state index is 14.0. The highest BCUT2D eigenvalue weighted by Crippen LogP contribution is 2.41. The van der Waals surface area contributed by atoms with Crippen molar-refractivity contribution in [1.82, 2.24) is 9.47 Å². The Kier molecular flexibility index (Phi) is 9.43. The fraction of sp³-hybridized carbons (Fsp3) is 0.455. The van der Waals surface area contributed by atoms with Crippen LogP contribution in [0.25, 0.3) is 11.1 Å². The van der Waals surface area contributed by atoms with Gasteiger partial charge in [0.1, 0.15) is 23.1 Å². The van der Waals surface area contributed by atoms with E-state index in [1.807, 2.05) is 0 Å². The molecule has 0 unspecified atom stereocenters. The first-order chi connectivity index (χ1) is 19.8. The van der Waals surface area contributed by atoms with Crippen LogP contribution in [0, 0.1) is 19.7 Å². The standard InChI is InChI=1S/C33H41FN2O6/c1-20-17-24(34)18-21(2)31(20)42-28-12-7-23(33(4,5)40)19-27(28)30-29(13-14-35(6)32(30)39)41-26-10-8-25(9-11-26)36(15-16-37)22(3)38/h7,12-14,17-19,25-26,37,40H,8-11,15-16H2,1-6H3. The summed E-state index contributed by atoms with van der Waals surface area (Å²) in [7, 11) is 1.66. The van der Waals surface area contributed by atoms with Gasteiger partial charge in [0.25, 0.3) is 5.56 Å². The van der Waals surface area contributed by atoms with Gasteiger partial charge in [-0.1, -0.05) is 6.07 Å². The van der Waals surface area contributed by atoms with E-state index in [0.29, 0.717) is 64.5 Å². The van der Waals surface area contributed by atoms with Crippen molar-refractivity contribution in [1.29, 1.82) is 0 Å². The molecule has 0 atom stereocenters. The van der Waals surface area contributed by atoms with Crippen LogP contribution < -0.4 is 15.0 Å². The van der Waals surface area contributed by atoms with E-state index < -0.39 is 5.60 Å². The van der Waals surface area contributed by atoms with E-state index in [1.165, 1.54) is 23.6 Å². The van der Waals surface area contributed by atoms with E-state index >= 15 is 0 Å². The third-order valence-corrected chi connectivity index (χ3v) is 7.95. The maximum atomic E-state index is 14.0. The number of carbonyl (C=O) groups excluding carboxylic acids is 1.